The molecule has 1 aliphatic rings. The summed E-state index contributed by atoms with van der Waals surface area (Å²) < 4.78 is 0. The largest absolute Gasteiger partial charge is 0.368 e. The van der Waals surface area contributed by atoms with Gasteiger partial charge in [-0.05, 0) is 37.3 Å². The molecule has 4 rings (SSSR count). The van der Waals surface area contributed by atoms with E-state index < -0.39 is 0 Å². The number of amides is 1. The Kier molecular flexibility index (Phi) is 4.86. The van der Waals surface area contributed by atoms with Gasteiger partial charge in [-0.25, -0.2) is 0 Å². The maximum Gasteiger partial charge on any atom is 0.272 e. The summed E-state index contributed by atoms with van der Waals surface area (Å²) in [6.07, 6.45) is 0. The number of aromatic amines is 1. The molecule has 0 radical (unpaired) electrons. The van der Waals surface area contributed by atoms with Crippen LogP contribution in [0.15, 0.2) is 54.6 Å². The van der Waals surface area contributed by atoms with E-state index in [-0.39, 0.29) is 5.91 Å². The molecule has 1 N–H and O–H groups in total. The first-order valence-electron chi connectivity index (χ1n) is 9.02. The minimum absolute atomic E-state index is 0.00313. The number of carbonyl (C=O) groups is 1. The van der Waals surface area contributed by atoms with Gasteiger partial charge in [-0.1, -0.05) is 41.4 Å². The lowest BCUT2D eigenvalue weighted by Gasteiger charge is -2.35. The monoisotopic (exact) mass is 380 g/mol. The van der Waals surface area contributed by atoms with E-state index in [1.54, 1.807) is 0 Å². The summed E-state index contributed by atoms with van der Waals surface area (Å²) >= 11 is 5.96. The summed E-state index contributed by atoms with van der Waals surface area (Å²) in [6.45, 7) is 5.01. The van der Waals surface area contributed by atoms with E-state index in [9.17, 15) is 4.79 Å². The van der Waals surface area contributed by atoms with Gasteiger partial charge in [-0.2, -0.15) is 5.10 Å². The number of anilines is 1. The van der Waals surface area contributed by atoms with Crippen LogP contribution < -0.4 is 4.90 Å². The van der Waals surface area contributed by atoms with Gasteiger partial charge in [0.05, 0.1) is 5.69 Å². The lowest BCUT2D eigenvalue weighted by atomic mass is 10.1. The number of rotatable bonds is 3. The van der Waals surface area contributed by atoms with Gasteiger partial charge in [-0.3, -0.25) is 9.89 Å². The Morgan fingerprint density at radius 3 is 2.33 bits per heavy atom. The van der Waals surface area contributed by atoms with Crippen LogP contribution in [0, 0.1) is 6.92 Å². The molecule has 0 saturated carbocycles. The first kappa shape index (κ1) is 17.6. The molecule has 5 nitrogen and oxygen atoms in total. The number of nitrogens with zero attached hydrogens (tertiary/aromatic N) is 3. The standard InChI is InChI=1S/C21H21ClN4O/c1-15-2-4-16(5-3-15)19-14-20(24-23-19)21(27)26-12-10-25(11-13-26)18-8-6-17(22)7-9-18/h2-9,14H,10-13H2,1H3,(H,23,24). The van der Waals surface area contributed by atoms with Gasteiger partial charge in [0.25, 0.3) is 5.91 Å². The fourth-order valence-corrected chi connectivity index (χ4v) is 3.42. The molecule has 1 saturated heterocycles. The predicted molar refractivity (Wildman–Crippen MR) is 108 cm³/mol. The normalized spacial score (nSPS) is 14.4. The highest BCUT2D eigenvalue weighted by Gasteiger charge is 2.23. The minimum atomic E-state index is -0.00313. The van der Waals surface area contributed by atoms with Crippen molar-refractivity contribution in [3.05, 3.63) is 70.9 Å². The number of hydrogen-bond donors (Lipinski definition) is 1. The Morgan fingerprint density at radius 1 is 1.00 bits per heavy atom. The lowest BCUT2D eigenvalue weighted by molar-refractivity contribution is 0.0741. The molecule has 138 valence electrons. The number of H-pyrrole nitrogens is 1. The van der Waals surface area contributed by atoms with Crippen LogP contribution in [-0.2, 0) is 0 Å². The van der Waals surface area contributed by atoms with Crippen LogP contribution in [0.5, 0.6) is 0 Å². The second-order valence-corrected chi connectivity index (χ2v) is 7.22. The SMILES string of the molecule is Cc1ccc(-c2cc(C(=O)N3CCN(c4ccc(Cl)cc4)CC3)[nH]n2)cc1. The van der Waals surface area contributed by atoms with Crippen molar-refractivity contribution in [1.29, 1.82) is 0 Å². The molecule has 0 atom stereocenters. The number of aromatic nitrogens is 2. The molecule has 1 fully saturated rings. The van der Waals surface area contributed by atoms with Crippen LogP contribution in [0.2, 0.25) is 5.02 Å². The van der Waals surface area contributed by atoms with Crippen molar-refractivity contribution in [2.24, 2.45) is 0 Å². The molecular formula is C21H21ClN4O. The van der Waals surface area contributed by atoms with Crippen LogP contribution in [0.4, 0.5) is 5.69 Å². The maximum absolute atomic E-state index is 12.8. The summed E-state index contributed by atoms with van der Waals surface area (Å²) in [4.78, 5) is 16.9. The van der Waals surface area contributed by atoms with E-state index in [2.05, 4.69) is 15.1 Å². The third-order valence-corrected chi connectivity index (χ3v) is 5.17. The fourth-order valence-electron chi connectivity index (χ4n) is 3.29. The lowest BCUT2D eigenvalue weighted by Crippen LogP contribution is -2.48. The number of hydrogen-bond acceptors (Lipinski definition) is 3. The molecule has 0 spiro atoms. The Labute approximate surface area is 163 Å². The van der Waals surface area contributed by atoms with E-state index in [0.29, 0.717) is 18.8 Å². The molecule has 3 aromatic rings. The summed E-state index contributed by atoms with van der Waals surface area (Å²) in [5, 5.41) is 7.94. The first-order chi connectivity index (χ1) is 13.1. The number of nitrogens with one attached hydrogen (secondary N) is 1. The molecule has 0 aliphatic carbocycles. The Hall–Kier alpha value is -2.79. The molecule has 0 bridgehead atoms. The van der Waals surface area contributed by atoms with Gasteiger partial charge in [-0.15, -0.1) is 0 Å². The van der Waals surface area contributed by atoms with Crippen LogP contribution in [0.3, 0.4) is 0 Å². The van der Waals surface area contributed by atoms with Gasteiger partial charge in [0.15, 0.2) is 0 Å². The van der Waals surface area contributed by atoms with Crippen LogP contribution in [0.1, 0.15) is 16.1 Å². The number of halogens is 1. The third kappa shape index (κ3) is 3.83. The second kappa shape index (κ2) is 7.45. The molecule has 1 aliphatic heterocycles. The smallest absolute Gasteiger partial charge is 0.272 e. The molecular weight excluding hydrogens is 360 g/mol. The zero-order chi connectivity index (χ0) is 18.8. The second-order valence-electron chi connectivity index (χ2n) is 6.79. The topological polar surface area (TPSA) is 52.2 Å². The van der Waals surface area contributed by atoms with Gasteiger partial charge in [0, 0.05) is 42.5 Å². The summed E-state index contributed by atoms with van der Waals surface area (Å²) in [5.74, 6) is -0.00313. The van der Waals surface area contributed by atoms with Crippen LogP contribution in [-0.4, -0.2) is 47.2 Å². The quantitative estimate of drug-likeness (QED) is 0.747. The van der Waals surface area contributed by atoms with Crippen molar-refractivity contribution >= 4 is 23.2 Å². The van der Waals surface area contributed by atoms with Crippen LogP contribution >= 0.6 is 11.6 Å². The number of aryl methyl sites for hydroxylation is 1. The highest BCUT2D eigenvalue weighted by atomic mass is 35.5. The first-order valence-corrected chi connectivity index (χ1v) is 9.40. The summed E-state index contributed by atoms with van der Waals surface area (Å²) in [5.41, 5.74) is 4.66. The molecule has 1 aromatic heterocycles. The summed E-state index contributed by atoms with van der Waals surface area (Å²) in [6, 6.07) is 17.8. The molecule has 1 amide bonds. The Balaban J connectivity index is 1.41. The number of benzene rings is 2. The van der Waals surface area contributed by atoms with Crippen molar-refractivity contribution in [1.82, 2.24) is 15.1 Å². The highest BCUT2D eigenvalue weighted by molar-refractivity contribution is 6.30. The average molecular weight is 381 g/mol. The fraction of sp³-hybridized carbons (Fsp3) is 0.238. The summed E-state index contributed by atoms with van der Waals surface area (Å²) in [7, 11) is 0. The van der Waals surface area contributed by atoms with Gasteiger partial charge < -0.3 is 9.80 Å². The molecule has 6 heteroatoms. The van der Waals surface area contributed by atoms with Gasteiger partial charge in [0.1, 0.15) is 5.69 Å². The zero-order valence-corrected chi connectivity index (χ0v) is 15.9. The van der Waals surface area contributed by atoms with Crippen molar-refractivity contribution in [3.8, 4) is 11.3 Å². The molecule has 27 heavy (non-hydrogen) atoms. The molecule has 2 aromatic carbocycles. The third-order valence-electron chi connectivity index (χ3n) is 4.91. The maximum atomic E-state index is 12.8. The zero-order valence-electron chi connectivity index (χ0n) is 15.2. The van der Waals surface area contributed by atoms with Crippen molar-refractivity contribution < 1.29 is 4.79 Å². The van der Waals surface area contributed by atoms with Gasteiger partial charge >= 0.3 is 0 Å². The Morgan fingerprint density at radius 2 is 1.67 bits per heavy atom. The van der Waals surface area contributed by atoms with E-state index in [4.69, 9.17) is 11.6 Å². The van der Waals surface area contributed by atoms with Crippen molar-refractivity contribution in [3.63, 3.8) is 0 Å². The number of piperazine rings is 1. The van der Waals surface area contributed by atoms with Crippen molar-refractivity contribution in [2.45, 2.75) is 6.92 Å². The van der Waals surface area contributed by atoms with Crippen LogP contribution in [0.25, 0.3) is 11.3 Å². The van der Waals surface area contributed by atoms with Crippen molar-refractivity contribution in [2.75, 3.05) is 31.1 Å². The van der Waals surface area contributed by atoms with Gasteiger partial charge in [0.2, 0.25) is 0 Å². The van der Waals surface area contributed by atoms with E-state index in [0.717, 1.165) is 35.1 Å². The minimum Gasteiger partial charge on any atom is -0.368 e. The molecule has 0 unspecified atom stereocenters. The predicted octanol–water partition coefficient (Wildman–Crippen LogP) is 4.00. The average Bonchev–Trinajstić information content (AvgIpc) is 3.19. The van der Waals surface area contributed by atoms with E-state index in [1.165, 1.54) is 5.56 Å². The Bertz CT molecular complexity index is 926. The molecule has 2 heterocycles. The highest BCUT2D eigenvalue weighted by Crippen LogP contribution is 2.21. The van der Waals surface area contributed by atoms with E-state index >= 15 is 0 Å². The number of carbonyl (C=O) groups excluding carboxylic acids is 1. The van der Waals surface area contributed by atoms with E-state index in [1.807, 2.05) is 66.4 Å².